The van der Waals surface area contributed by atoms with E-state index in [0.29, 0.717) is 23.0 Å². The quantitative estimate of drug-likeness (QED) is 0.684. The Kier molecular flexibility index (Phi) is 3.97. The largest absolute Gasteiger partial charge is 0.346 e. The van der Waals surface area contributed by atoms with Crippen LogP contribution in [0.1, 0.15) is 29.6 Å². The lowest BCUT2D eigenvalue weighted by Gasteiger charge is -2.31. The van der Waals surface area contributed by atoms with E-state index in [2.05, 4.69) is 36.8 Å². The minimum absolute atomic E-state index is 0.0378. The van der Waals surface area contributed by atoms with E-state index < -0.39 is 0 Å². The minimum atomic E-state index is -0.297. The second-order valence-electron chi connectivity index (χ2n) is 5.61. The summed E-state index contributed by atoms with van der Waals surface area (Å²) in [7, 11) is 0. The fourth-order valence-corrected chi connectivity index (χ4v) is 3.48. The van der Waals surface area contributed by atoms with E-state index in [4.69, 9.17) is 11.6 Å². The van der Waals surface area contributed by atoms with Crippen molar-refractivity contribution in [2.45, 2.75) is 18.5 Å². The number of anilines is 1. The molecule has 8 heteroatoms. The molecule has 5 nitrogen and oxygen atoms in total. The van der Waals surface area contributed by atoms with Crippen molar-refractivity contribution in [2.24, 2.45) is 0 Å². The van der Waals surface area contributed by atoms with E-state index in [-0.39, 0.29) is 17.9 Å². The van der Waals surface area contributed by atoms with Crippen LogP contribution in [0.25, 0.3) is 0 Å². The first-order valence-corrected chi connectivity index (χ1v) is 8.54. The Bertz CT molecular complexity index is 882. The number of fused-ring (bicyclic) bond motifs is 1. The molecular formula is C16H12BrClFN5. The second-order valence-corrected chi connectivity index (χ2v) is 6.96. The van der Waals surface area contributed by atoms with E-state index in [9.17, 15) is 4.39 Å². The highest BCUT2D eigenvalue weighted by Crippen LogP contribution is 2.38. The average Bonchev–Trinajstić information content (AvgIpc) is 3.05. The fourth-order valence-electron chi connectivity index (χ4n) is 2.98. The highest BCUT2D eigenvalue weighted by atomic mass is 79.9. The molecule has 122 valence electrons. The summed E-state index contributed by atoms with van der Waals surface area (Å²) in [6, 6.07) is 12.1. The Labute approximate surface area is 151 Å². The molecule has 2 heterocycles. The number of halogens is 3. The van der Waals surface area contributed by atoms with Crippen LogP contribution >= 0.6 is 27.5 Å². The SMILES string of the molecule is Fc1ccc(Br)cc1[C@@H]1C[C@H](c2ccc(Cl)cc2)Nc2nnnn21. The topological polar surface area (TPSA) is 55.6 Å². The Morgan fingerprint density at radius 3 is 2.79 bits per heavy atom. The van der Waals surface area contributed by atoms with Gasteiger partial charge in [-0.15, -0.1) is 0 Å². The molecule has 0 amide bonds. The van der Waals surface area contributed by atoms with E-state index in [1.165, 1.54) is 6.07 Å². The highest BCUT2D eigenvalue weighted by molar-refractivity contribution is 9.10. The van der Waals surface area contributed by atoms with Crippen molar-refractivity contribution < 1.29 is 4.39 Å². The smallest absolute Gasteiger partial charge is 0.243 e. The van der Waals surface area contributed by atoms with E-state index in [1.807, 2.05) is 24.3 Å². The number of tetrazole rings is 1. The fraction of sp³-hybridized carbons (Fsp3) is 0.188. The van der Waals surface area contributed by atoms with Crippen LogP contribution in [0.15, 0.2) is 46.9 Å². The highest BCUT2D eigenvalue weighted by Gasteiger charge is 2.32. The monoisotopic (exact) mass is 407 g/mol. The summed E-state index contributed by atoms with van der Waals surface area (Å²) in [6.07, 6.45) is 0.618. The minimum Gasteiger partial charge on any atom is -0.346 e. The molecule has 2 atom stereocenters. The lowest BCUT2D eigenvalue weighted by atomic mass is 9.93. The zero-order valence-electron chi connectivity index (χ0n) is 12.3. The number of hydrogen-bond acceptors (Lipinski definition) is 4. The zero-order chi connectivity index (χ0) is 16.7. The van der Waals surface area contributed by atoms with Gasteiger partial charge in [-0.3, -0.25) is 0 Å². The molecule has 0 saturated carbocycles. The molecule has 0 fully saturated rings. The van der Waals surface area contributed by atoms with Crippen LogP contribution in [0.4, 0.5) is 10.3 Å². The van der Waals surface area contributed by atoms with Crippen molar-refractivity contribution >= 4 is 33.5 Å². The van der Waals surface area contributed by atoms with Crippen molar-refractivity contribution in [1.82, 2.24) is 20.2 Å². The van der Waals surface area contributed by atoms with Gasteiger partial charge in [-0.2, -0.15) is 0 Å². The average molecular weight is 409 g/mol. The van der Waals surface area contributed by atoms with Gasteiger partial charge in [0.25, 0.3) is 0 Å². The Hall–Kier alpha value is -1.99. The van der Waals surface area contributed by atoms with Gasteiger partial charge in [0, 0.05) is 15.1 Å². The lowest BCUT2D eigenvalue weighted by Crippen LogP contribution is -2.28. The molecule has 1 N–H and O–H groups in total. The van der Waals surface area contributed by atoms with Gasteiger partial charge in [0.15, 0.2) is 0 Å². The Balaban J connectivity index is 1.76. The van der Waals surface area contributed by atoms with Crippen LogP contribution in [0.5, 0.6) is 0 Å². The van der Waals surface area contributed by atoms with E-state index in [1.54, 1.807) is 16.8 Å². The maximum atomic E-state index is 14.4. The molecule has 3 aromatic rings. The second kappa shape index (κ2) is 6.14. The normalized spacial score (nSPS) is 19.6. The van der Waals surface area contributed by atoms with Crippen molar-refractivity contribution in [2.75, 3.05) is 5.32 Å². The Morgan fingerprint density at radius 2 is 2.00 bits per heavy atom. The summed E-state index contributed by atoms with van der Waals surface area (Å²) in [5.41, 5.74) is 1.60. The third-order valence-corrected chi connectivity index (χ3v) is 4.88. The maximum Gasteiger partial charge on any atom is 0.243 e. The van der Waals surface area contributed by atoms with Crippen LogP contribution in [0.3, 0.4) is 0 Å². The molecule has 4 rings (SSSR count). The van der Waals surface area contributed by atoms with Gasteiger partial charge >= 0.3 is 0 Å². The molecule has 0 radical (unpaired) electrons. The first kappa shape index (κ1) is 15.5. The molecule has 0 aliphatic carbocycles. The van der Waals surface area contributed by atoms with Gasteiger partial charge in [-0.1, -0.05) is 44.8 Å². The molecule has 1 aliphatic rings. The van der Waals surface area contributed by atoms with Crippen LogP contribution in [0.2, 0.25) is 5.02 Å². The molecular weight excluding hydrogens is 397 g/mol. The first-order valence-electron chi connectivity index (χ1n) is 7.36. The van der Waals surface area contributed by atoms with Gasteiger partial charge in [0.05, 0.1) is 12.1 Å². The molecule has 0 bridgehead atoms. The van der Waals surface area contributed by atoms with Crippen LogP contribution in [0, 0.1) is 5.82 Å². The molecule has 2 aromatic carbocycles. The zero-order valence-corrected chi connectivity index (χ0v) is 14.7. The van der Waals surface area contributed by atoms with Gasteiger partial charge < -0.3 is 5.32 Å². The summed E-state index contributed by atoms with van der Waals surface area (Å²) in [6.45, 7) is 0. The molecule has 0 spiro atoms. The molecule has 0 unspecified atom stereocenters. The van der Waals surface area contributed by atoms with Gasteiger partial charge in [0.1, 0.15) is 5.82 Å². The summed E-state index contributed by atoms with van der Waals surface area (Å²) in [4.78, 5) is 0. The number of hydrogen-bond donors (Lipinski definition) is 1. The predicted molar refractivity (Wildman–Crippen MR) is 92.5 cm³/mol. The third kappa shape index (κ3) is 2.78. The summed E-state index contributed by atoms with van der Waals surface area (Å²) < 4.78 is 16.8. The van der Waals surface area contributed by atoms with E-state index in [0.717, 1.165) is 10.0 Å². The number of rotatable bonds is 2. The summed E-state index contributed by atoms with van der Waals surface area (Å²) in [5, 5.41) is 15.7. The van der Waals surface area contributed by atoms with Gasteiger partial charge in [0.2, 0.25) is 5.95 Å². The third-order valence-electron chi connectivity index (χ3n) is 4.14. The van der Waals surface area contributed by atoms with Crippen LogP contribution in [-0.4, -0.2) is 20.2 Å². The van der Waals surface area contributed by atoms with Crippen LogP contribution < -0.4 is 5.32 Å². The van der Waals surface area contributed by atoms with Crippen LogP contribution in [-0.2, 0) is 0 Å². The van der Waals surface area contributed by atoms with E-state index >= 15 is 0 Å². The predicted octanol–water partition coefficient (Wildman–Crippen LogP) is 4.37. The molecule has 0 saturated heterocycles. The lowest BCUT2D eigenvalue weighted by molar-refractivity contribution is 0.409. The number of nitrogens with one attached hydrogen (secondary N) is 1. The number of benzene rings is 2. The first-order chi connectivity index (χ1) is 11.6. The van der Waals surface area contributed by atoms with Crippen molar-refractivity contribution in [3.63, 3.8) is 0 Å². The molecule has 24 heavy (non-hydrogen) atoms. The standard InChI is InChI=1S/C16H12BrClFN5/c17-10-3-6-13(19)12(7-10)15-8-14(9-1-4-11(18)5-2-9)20-16-21-22-23-24(15)16/h1-7,14-15H,8H2,(H,20,21,23)/t14-,15+/m1/s1. The number of aromatic nitrogens is 4. The maximum absolute atomic E-state index is 14.4. The van der Waals surface area contributed by atoms with Gasteiger partial charge in [-0.25, -0.2) is 9.07 Å². The summed E-state index contributed by atoms with van der Waals surface area (Å²) in [5.74, 6) is 0.243. The molecule has 1 aliphatic heterocycles. The van der Waals surface area contributed by atoms with Crippen molar-refractivity contribution in [3.8, 4) is 0 Å². The van der Waals surface area contributed by atoms with Crippen molar-refractivity contribution in [1.29, 1.82) is 0 Å². The Morgan fingerprint density at radius 1 is 1.21 bits per heavy atom. The molecule has 1 aromatic heterocycles. The summed E-state index contributed by atoms with van der Waals surface area (Å²) >= 11 is 9.37. The van der Waals surface area contributed by atoms with Crippen molar-refractivity contribution in [3.05, 3.63) is 68.9 Å². The number of nitrogens with zero attached hydrogens (tertiary/aromatic N) is 4. The van der Waals surface area contributed by atoms with Gasteiger partial charge in [-0.05, 0) is 52.7 Å².